The number of carboxylic acid groups (broad SMARTS) is 1. The SMILES string of the molecule is Cc1occc1C(=O)NCC1CCCC1C(=O)O. The van der Waals surface area contributed by atoms with E-state index in [1.807, 2.05) is 0 Å². The van der Waals surface area contributed by atoms with Gasteiger partial charge in [0.05, 0.1) is 17.7 Å². The first-order valence-electron chi connectivity index (χ1n) is 6.14. The minimum Gasteiger partial charge on any atom is -0.481 e. The number of aliphatic carboxylic acids is 1. The van der Waals surface area contributed by atoms with Gasteiger partial charge >= 0.3 is 5.97 Å². The van der Waals surface area contributed by atoms with E-state index in [-0.39, 0.29) is 17.7 Å². The predicted octanol–water partition coefficient (Wildman–Crippen LogP) is 1.82. The van der Waals surface area contributed by atoms with E-state index in [1.165, 1.54) is 6.26 Å². The van der Waals surface area contributed by atoms with E-state index in [2.05, 4.69) is 5.32 Å². The molecule has 1 heterocycles. The Morgan fingerprint density at radius 2 is 2.28 bits per heavy atom. The van der Waals surface area contributed by atoms with Crippen LogP contribution in [0.3, 0.4) is 0 Å². The fourth-order valence-corrected chi connectivity index (χ4v) is 2.55. The smallest absolute Gasteiger partial charge is 0.306 e. The van der Waals surface area contributed by atoms with Crippen LogP contribution in [0, 0.1) is 18.8 Å². The Morgan fingerprint density at radius 3 is 2.89 bits per heavy atom. The van der Waals surface area contributed by atoms with Crippen LogP contribution in [0.1, 0.15) is 35.4 Å². The number of rotatable bonds is 4. The molecular formula is C13H17NO4. The molecule has 2 N–H and O–H groups in total. The molecule has 2 unspecified atom stereocenters. The number of amides is 1. The van der Waals surface area contributed by atoms with Gasteiger partial charge in [0.2, 0.25) is 0 Å². The summed E-state index contributed by atoms with van der Waals surface area (Å²) in [6, 6.07) is 1.62. The van der Waals surface area contributed by atoms with Gasteiger partial charge in [0, 0.05) is 6.54 Å². The standard InChI is InChI=1S/C13H17NO4/c1-8-10(5-6-18-8)12(15)14-7-9-3-2-4-11(9)13(16)17/h5-6,9,11H,2-4,7H2,1H3,(H,14,15)(H,16,17). The van der Waals surface area contributed by atoms with Crippen molar-refractivity contribution in [2.24, 2.45) is 11.8 Å². The van der Waals surface area contributed by atoms with Crippen LogP contribution in [-0.4, -0.2) is 23.5 Å². The molecule has 1 aromatic rings. The lowest BCUT2D eigenvalue weighted by molar-refractivity contribution is -0.142. The van der Waals surface area contributed by atoms with E-state index in [4.69, 9.17) is 9.52 Å². The normalized spacial score (nSPS) is 22.9. The number of aryl methyl sites for hydroxylation is 1. The van der Waals surface area contributed by atoms with Crippen molar-refractivity contribution in [3.63, 3.8) is 0 Å². The minimum atomic E-state index is -0.758. The van der Waals surface area contributed by atoms with Crippen molar-refractivity contribution in [1.29, 1.82) is 0 Å². The summed E-state index contributed by atoms with van der Waals surface area (Å²) < 4.78 is 5.06. The second-order valence-corrected chi connectivity index (χ2v) is 4.74. The fraction of sp³-hybridized carbons (Fsp3) is 0.538. The van der Waals surface area contributed by atoms with Crippen molar-refractivity contribution in [2.45, 2.75) is 26.2 Å². The van der Waals surface area contributed by atoms with Gasteiger partial charge in [-0.15, -0.1) is 0 Å². The van der Waals surface area contributed by atoms with E-state index in [0.29, 0.717) is 24.3 Å². The third-order valence-corrected chi connectivity index (χ3v) is 3.60. The van der Waals surface area contributed by atoms with Crippen LogP contribution >= 0.6 is 0 Å². The van der Waals surface area contributed by atoms with Gasteiger partial charge < -0.3 is 14.8 Å². The van der Waals surface area contributed by atoms with E-state index < -0.39 is 5.97 Å². The highest BCUT2D eigenvalue weighted by Crippen LogP contribution is 2.31. The van der Waals surface area contributed by atoms with Gasteiger partial charge in [0.25, 0.3) is 5.91 Å². The Bertz CT molecular complexity index is 452. The van der Waals surface area contributed by atoms with Gasteiger partial charge in [-0.05, 0) is 31.7 Å². The van der Waals surface area contributed by atoms with E-state index in [0.717, 1.165) is 12.8 Å². The van der Waals surface area contributed by atoms with Gasteiger partial charge in [-0.1, -0.05) is 6.42 Å². The van der Waals surface area contributed by atoms with Crippen molar-refractivity contribution in [1.82, 2.24) is 5.32 Å². The molecule has 5 nitrogen and oxygen atoms in total. The van der Waals surface area contributed by atoms with Gasteiger partial charge in [0.15, 0.2) is 0 Å². The van der Waals surface area contributed by atoms with Crippen LogP contribution in [0.25, 0.3) is 0 Å². The Kier molecular flexibility index (Phi) is 3.69. The number of furan rings is 1. The number of hydrogen-bond acceptors (Lipinski definition) is 3. The number of carbonyl (C=O) groups excluding carboxylic acids is 1. The van der Waals surface area contributed by atoms with E-state index in [1.54, 1.807) is 13.0 Å². The van der Waals surface area contributed by atoms with Crippen LogP contribution < -0.4 is 5.32 Å². The lowest BCUT2D eigenvalue weighted by atomic mass is 9.96. The summed E-state index contributed by atoms with van der Waals surface area (Å²) in [6.45, 7) is 2.14. The monoisotopic (exact) mass is 251 g/mol. The lowest BCUT2D eigenvalue weighted by Crippen LogP contribution is -2.33. The molecule has 1 aliphatic carbocycles. The van der Waals surface area contributed by atoms with Crippen LogP contribution in [0.4, 0.5) is 0 Å². The van der Waals surface area contributed by atoms with Gasteiger partial charge in [-0.25, -0.2) is 0 Å². The molecule has 0 saturated heterocycles. The molecule has 2 atom stereocenters. The number of carbonyl (C=O) groups is 2. The van der Waals surface area contributed by atoms with Gasteiger partial charge in [-0.3, -0.25) is 9.59 Å². The molecule has 0 bridgehead atoms. The number of nitrogens with one attached hydrogen (secondary N) is 1. The first-order valence-corrected chi connectivity index (χ1v) is 6.14. The molecule has 0 spiro atoms. The summed E-state index contributed by atoms with van der Waals surface area (Å²) in [5, 5.41) is 11.8. The summed E-state index contributed by atoms with van der Waals surface area (Å²) in [5.74, 6) is -0.661. The highest BCUT2D eigenvalue weighted by Gasteiger charge is 2.32. The molecule has 1 aliphatic rings. The molecule has 0 aliphatic heterocycles. The van der Waals surface area contributed by atoms with Crippen molar-refractivity contribution in [2.75, 3.05) is 6.54 Å². The summed E-state index contributed by atoms with van der Waals surface area (Å²) in [7, 11) is 0. The summed E-state index contributed by atoms with van der Waals surface area (Å²) in [5.41, 5.74) is 0.514. The minimum absolute atomic E-state index is 0.0404. The highest BCUT2D eigenvalue weighted by molar-refractivity contribution is 5.95. The molecule has 98 valence electrons. The second kappa shape index (κ2) is 5.25. The first kappa shape index (κ1) is 12.7. The van der Waals surface area contributed by atoms with Crippen molar-refractivity contribution in [3.8, 4) is 0 Å². The van der Waals surface area contributed by atoms with E-state index >= 15 is 0 Å². The van der Waals surface area contributed by atoms with Crippen molar-refractivity contribution < 1.29 is 19.1 Å². The molecule has 18 heavy (non-hydrogen) atoms. The molecule has 1 saturated carbocycles. The second-order valence-electron chi connectivity index (χ2n) is 4.74. The zero-order valence-electron chi connectivity index (χ0n) is 10.3. The van der Waals surface area contributed by atoms with Crippen LogP contribution in [0.2, 0.25) is 0 Å². The molecule has 1 amide bonds. The Morgan fingerprint density at radius 1 is 1.50 bits per heavy atom. The van der Waals surface area contributed by atoms with Crippen molar-refractivity contribution >= 4 is 11.9 Å². The molecule has 0 radical (unpaired) electrons. The topological polar surface area (TPSA) is 79.5 Å². The van der Waals surface area contributed by atoms with Gasteiger partial charge in [-0.2, -0.15) is 0 Å². The fourth-order valence-electron chi connectivity index (χ4n) is 2.55. The molecular weight excluding hydrogens is 234 g/mol. The van der Waals surface area contributed by atoms with Crippen LogP contribution in [-0.2, 0) is 4.79 Å². The molecule has 1 fully saturated rings. The molecule has 5 heteroatoms. The quantitative estimate of drug-likeness (QED) is 0.855. The highest BCUT2D eigenvalue weighted by atomic mass is 16.4. The molecule has 0 aromatic carbocycles. The summed E-state index contributed by atoms with van der Waals surface area (Å²) in [6.07, 6.45) is 3.96. The Hall–Kier alpha value is -1.78. The average Bonchev–Trinajstić information content (AvgIpc) is 2.94. The Balaban J connectivity index is 1.90. The molecule has 2 rings (SSSR count). The maximum absolute atomic E-state index is 11.8. The maximum atomic E-state index is 11.8. The summed E-state index contributed by atoms with van der Waals surface area (Å²) >= 11 is 0. The number of carboxylic acids is 1. The van der Waals surface area contributed by atoms with Crippen molar-refractivity contribution in [3.05, 3.63) is 23.7 Å². The summed E-state index contributed by atoms with van der Waals surface area (Å²) in [4.78, 5) is 22.9. The van der Waals surface area contributed by atoms with Gasteiger partial charge in [0.1, 0.15) is 5.76 Å². The van der Waals surface area contributed by atoms with Crippen LogP contribution in [0.15, 0.2) is 16.7 Å². The Labute approximate surface area is 105 Å². The third-order valence-electron chi connectivity index (χ3n) is 3.60. The third kappa shape index (κ3) is 2.55. The zero-order valence-corrected chi connectivity index (χ0v) is 10.3. The maximum Gasteiger partial charge on any atom is 0.306 e. The number of hydrogen-bond donors (Lipinski definition) is 2. The van der Waals surface area contributed by atoms with E-state index in [9.17, 15) is 9.59 Å². The lowest BCUT2D eigenvalue weighted by Gasteiger charge is -2.16. The average molecular weight is 251 g/mol. The first-order chi connectivity index (χ1) is 8.59. The zero-order chi connectivity index (χ0) is 13.1. The predicted molar refractivity (Wildman–Crippen MR) is 64.2 cm³/mol. The molecule has 1 aromatic heterocycles. The van der Waals surface area contributed by atoms with Crippen LogP contribution in [0.5, 0.6) is 0 Å². The largest absolute Gasteiger partial charge is 0.481 e.